The summed E-state index contributed by atoms with van der Waals surface area (Å²) in [6, 6.07) is 1.81. The standard InChI is InChI=1S/C14H18N2O4/c1-7(2)19-13(17)11-9(4)12(16-10(11)5)14(18)20-8(3)6-15/h7-8,16H,1-5H3/t8-/m1/s1. The first kappa shape index (κ1) is 15.8. The average Bonchev–Trinajstić information content (AvgIpc) is 2.63. The maximum Gasteiger partial charge on any atom is 0.356 e. The zero-order chi connectivity index (χ0) is 15.4. The van der Waals surface area contributed by atoms with Crippen LogP contribution < -0.4 is 0 Å². The lowest BCUT2D eigenvalue weighted by atomic mass is 10.1. The summed E-state index contributed by atoms with van der Waals surface area (Å²) in [5.74, 6) is -1.15. The number of esters is 2. The molecule has 1 rings (SSSR count). The van der Waals surface area contributed by atoms with Crippen molar-refractivity contribution in [3.05, 3.63) is 22.5 Å². The van der Waals surface area contributed by atoms with Gasteiger partial charge in [-0.1, -0.05) is 0 Å². The lowest BCUT2D eigenvalue weighted by Crippen LogP contribution is -2.15. The third-order valence-corrected chi connectivity index (χ3v) is 2.65. The van der Waals surface area contributed by atoms with Gasteiger partial charge in [0.2, 0.25) is 0 Å². The van der Waals surface area contributed by atoms with Crippen LogP contribution >= 0.6 is 0 Å². The summed E-state index contributed by atoms with van der Waals surface area (Å²) in [6.45, 7) is 8.28. The molecule has 0 aliphatic carbocycles. The lowest BCUT2D eigenvalue weighted by Gasteiger charge is -2.08. The molecule has 0 bridgehead atoms. The van der Waals surface area contributed by atoms with Crippen LogP contribution in [0.3, 0.4) is 0 Å². The highest BCUT2D eigenvalue weighted by molar-refractivity contribution is 5.98. The van der Waals surface area contributed by atoms with E-state index in [0.29, 0.717) is 16.8 Å². The number of carbonyl (C=O) groups is 2. The zero-order valence-corrected chi connectivity index (χ0v) is 12.2. The Morgan fingerprint density at radius 2 is 1.75 bits per heavy atom. The van der Waals surface area contributed by atoms with Crippen LogP contribution in [0.2, 0.25) is 0 Å². The van der Waals surface area contributed by atoms with Gasteiger partial charge in [-0.05, 0) is 40.2 Å². The van der Waals surface area contributed by atoms with Crippen molar-refractivity contribution < 1.29 is 19.1 Å². The molecule has 108 valence electrons. The van der Waals surface area contributed by atoms with Crippen LogP contribution in [0.15, 0.2) is 0 Å². The van der Waals surface area contributed by atoms with Gasteiger partial charge in [0.05, 0.1) is 11.7 Å². The first-order valence-corrected chi connectivity index (χ1v) is 6.28. The van der Waals surface area contributed by atoms with Crippen LogP contribution in [0, 0.1) is 25.2 Å². The second-order valence-corrected chi connectivity index (χ2v) is 4.76. The number of carbonyl (C=O) groups excluding carboxylic acids is 2. The number of nitrogens with one attached hydrogen (secondary N) is 1. The first-order valence-electron chi connectivity index (χ1n) is 6.28. The van der Waals surface area contributed by atoms with Crippen LogP contribution in [0.5, 0.6) is 0 Å². The summed E-state index contributed by atoms with van der Waals surface area (Å²) >= 11 is 0. The van der Waals surface area contributed by atoms with E-state index in [1.165, 1.54) is 6.92 Å². The van der Waals surface area contributed by atoms with Crippen molar-refractivity contribution in [3.8, 4) is 6.07 Å². The quantitative estimate of drug-likeness (QED) is 0.853. The average molecular weight is 278 g/mol. The van der Waals surface area contributed by atoms with E-state index in [9.17, 15) is 9.59 Å². The van der Waals surface area contributed by atoms with Crippen molar-refractivity contribution in [1.82, 2.24) is 4.98 Å². The van der Waals surface area contributed by atoms with E-state index in [1.807, 2.05) is 0 Å². The van der Waals surface area contributed by atoms with Crippen molar-refractivity contribution in [2.24, 2.45) is 0 Å². The molecular formula is C14H18N2O4. The molecule has 0 spiro atoms. The summed E-state index contributed by atoms with van der Waals surface area (Å²) in [6.07, 6.45) is -1.10. The Morgan fingerprint density at radius 1 is 1.15 bits per heavy atom. The third-order valence-electron chi connectivity index (χ3n) is 2.65. The number of hydrogen-bond donors (Lipinski definition) is 1. The molecule has 0 saturated carbocycles. The highest BCUT2D eigenvalue weighted by atomic mass is 16.5. The molecule has 6 heteroatoms. The number of nitriles is 1. The van der Waals surface area contributed by atoms with Gasteiger partial charge in [-0.3, -0.25) is 0 Å². The van der Waals surface area contributed by atoms with Crippen LogP contribution in [-0.2, 0) is 9.47 Å². The van der Waals surface area contributed by atoms with Crippen LogP contribution in [0.1, 0.15) is 52.9 Å². The van der Waals surface area contributed by atoms with Gasteiger partial charge in [0.25, 0.3) is 0 Å². The van der Waals surface area contributed by atoms with E-state index in [4.69, 9.17) is 14.7 Å². The summed E-state index contributed by atoms with van der Waals surface area (Å²) in [5.41, 5.74) is 1.49. The Kier molecular flexibility index (Phi) is 4.92. The second kappa shape index (κ2) is 6.24. The third kappa shape index (κ3) is 3.38. The molecule has 0 unspecified atom stereocenters. The van der Waals surface area contributed by atoms with Gasteiger partial charge < -0.3 is 14.5 Å². The fourth-order valence-corrected chi connectivity index (χ4v) is 1.78. The van der Waals surface area contributed by atoms with E-state index in [0.717, 1.165) is 0 Å². The van der Waals surface area contributed by atoms with Crippen molar-refractivity contribution in [2.45, 2.75) is 46.8 Å². The minimum absolute atomic E-state index is 0.167. The minimum atomic E-state index is -0.850. The molecule has 0 aromatic carbocycles. The van der Waals surface area contributed by atoms with Crippen molar-refractivity contribution in [3.63, 3.8) is 0 Å². The number of aryl methyl sites for hydroxylation is 1. The van der Waals surface area contributed by atoms with E-state index in [-0.39, 0.29) is 11.8 Å². The molecular weight excluding hydrogens is 260 g/mol. The van der Waals surface area contributed by atoms with Gasteiger partial charge in [0.1, 0.15) is 11.8 Å². The number of H-pyrrole nitrogens is 1. The molecule has 1 aromatic heterocycles. The Hall–Kier alpha value is -2.29. The molecule has 1 aromatic rings. The molecule has 6 nitrogen and oxygen atoms in total. The predicted octanol–water partition coefficient (Wildman–Crippen LogP) is 2.27. The van der Waals surface area contributed by atoms with Gasteiger partial charge in [-0.15, -0.1) is 0 Å². The number of aromatic amines is 1. The molecule has 0 saturated heterocycles. The second-order valence-electron chi connectivity index (χ2n) is 4.76. The smallest absolute Gasteiger partial charge is 0.356 e. The highest BCUT2D eigenvalue weighted by Gasteiger charge is 2.25. The topological polar surface area (TPSA) is 92.2 Å². The molecule has 1 N–H and O–H groups in total. The fourth-order valence-electron chi connectivity index (χ4n) is 1.78. The molecule has 20 heavy (non-hydrogen) atoms. The Labute approximate surface area is 117 Å². The van der Waals surface area contributed by atoms with E-state index >= 15 is 0 Å². The van der Waals surface area contributed by atoms with Crippen LogP contribution in [0.25, 0.3) is 0 Å². The maximum absolute atomic E-state index is 12.0. The van der Waals surface area contributed by atoms with Crippen molar-refractivity contribution >= 4 is 11.9 Å². The molecule has 0 fully saturated rings. The highest BCUT2D eigenvalue weighted by Crippen LogP contribution is 2.20. The number of nitrogens with zero attached hydrogens (tertiary/aromatic N) is 1. The fraction of sp³-hybridized carbons (Fsp3) is 0.500. The summed E-state index contributed by atoms with van der Waals surface area (Å²) in [5, 5.41) is 8.64. The predicted molar refractivity (Wildman–Crippen MR) is 71.3 cm³/mol. The number of hydrogen-bond acceptors (Lipinski definition) is 5. The number of ether oxygens (including phenoxy) is 2. The minimum Gasteiger partial charge on any atom is -0.459 e. The Bertz CT molecular complexity index is 566. The largest absolute Gasteiger partial charge is 0.459 e. The lowest BCUT2D eigenvalue weighted by molar-refractivity contribution is 0.0376. The van der Waals surface area contributed by atoms with Gasteiger partial charge in [-0.2, -0.15) is 5.26 Å². The molecule has 0 aliphatic rings. The van der Waals surface area contributed by atoms with Gasteiger partial charge >= 0.3 is 11.9 Å². The maximum atomic E-state index is 12.0. The van der Waals surface area contributed by atoms with Crippen molar-refractivity contribution in [1.29, 1.82) is 5.26 Å². The molecule has 1 heterocycles. The normalized spacial score (nSPS) is 11.8. The first-order chi connectivity index (χ1) is 9.27. The molecule has 1 atom stereocenters. The summed E-state index contributed by atoms with van der Waals surface area (Å²) in [4.78, 5) is 26.7. The molecule has 0 amide bonds. The van der Waals surface area contributed by atoms with Crippen LogP contribution in [-0.4, -0.2) is 29.1 Å². The molecule has 0 aliphatic heterocycles. The summed E-state index contributed by atoms with van der Waals surface area (Å²) in [7, 11) is 0. The van der Waals surface area contributed by atoms with E-state index in [2.05, 4.69) is 4.98 Å². The zero-order valence-electron chi connectivity index (χ0n) is 12.2. The molecule has 0 radical (unpaired) electrons. The Balaban J connectivity index is 3.06. The van der Waals surface area contributed by atoms with Crippen molar-refractivity contribution in [2.75, 3.05) is 0 Å². The van der Waals surface area contributed by atoms with Crippen LogP contribution in [0.4, 0.5) is 0 Å². The number of rotatable bonds is 4. The van der Waals surface area contributed by atoms with Gasteiger partial charge in [0, 0.05) is 5.69 Å². The van der Waals surface area contributed by atoms with E-state index < -0.39 is 18.0 Å². The number of aromatic nitrogens is 1. The van der Waals surface area contributed by atoms with E-state index in [1.54, 1.807) is 33.8 Å². The Morgan fingerprint density at radius 3 is 2.25 bits per heavy atom. The summed E-state index contributed by atoms with van der Waals surface area (Å²) < 4.78 is 10.0. The van der Waals surface area contributed by atoms with Gasteiger partial charge in [-0.25, -0.2) is 9.59 Å². The monoisotopic (exact) mass is 278 g/mol. The SMILES string of the molecule is Cc1[nH]c(C(=O)O[C@H](C)C#N)c(C)c1C(=O)OC(C)C. The van der Waals surface area contributed by atoms with Gasteiger partial charge in [0.15, 0.2) is 6.10 Å².